The Labute approximate surface area is 187 Å². The summed E-state index contributed by atoms with van der Waals surface area (Å²) in [4.78, 5) is 28.2. The zero-order valence-corrected chi connectivity index (χ0v) is 17.4. The summed E-state index contributed by atoms with van der Waals surface area (Å²) in [6.45, 7) is 0. The number of nitrogens with one attached hydrogen (secondary N) is 2. The lowest BCUT2D eigenvalue weighted by atomic mass is 10.1. The minimum absolute atomic E-state index is 0.119. The first-order chi connectivity index (χ1) is 15.6. The van der Waals surface area contributed by atoms with Gasteiger partial charge in [0.15, 0.2) is 0 Å². The van der Waals surface area contributed by atoms with Crippen LogP contribution in [0.3, 0.4) is 0 Å². The summed E-state index contributed by atoms with van der Waals surface area (Å²) < 4.78 is 5.23. The Balaban J connectivity index is 1.50. The molecule has 0 fully saturated rings. The van der Waals surface area contributed by atoms with Crippen molar-refractivity contribution in [2.45, 2.75) is 0 Å². The maximum Gasteiger partial charge on any atom is 0.349 e. The van der Waals surface area contributed by atoms with E-state index >= 15 is 0 Å². The number of carbonyl (C=O) groups is 1. The quantitative estimate of drug-likeness (QED) is 0.223. The average Bonchev–Trinajstić information content (AvgIpc) is 3.16. The van der Waals surface area contributed by atoms with E-state index in [1.807, 2.05) is 42.5 Å². The third-order valence-electron chi connectivity index (χ3n) is 5.11. The highest BCUT2D eigenvalue weighted by Crippen LogP contribution is 2.30. The van der Waals surface area contributed by atoms with E-state index in [0.717, 1.165) is 27.7 Å². The van der Waals surface area contributed by atoms with Gasteiger partial charge in [0.1, 0.15) is 11.1 Å². The molecule has 0 atom stereocenters. The number of aromatic nitrogens is 1. The number of fused-ring (bicyclic) bond motifs is 2. The van der Waals surface area contributed by atoms with E-state index in [1.165, 1.54) is 12.3 Å². The molecule has 156 valence electrons. The van der Waals surface area contributed by atoms with Crippen LogP contribution in [0, 0.1) is 0 Å². The topological polar surface area (TPSA) is 87.5 Å². The number of aromatic amines is 1. The van der Waals surface area contributed by atoms with Gasteiger partial charge in [-0.25, -0.2) is 10.2 Å². The van der Waals surface area contributed by atoms with Crippen LogP contribution in [0.2, 0.25) is 5.02 Å². The molecule has 32 heavy (non-hydrogen) atoms. The molecule has 0 spiro atoms. The maximum atomic E-state index is 12.6. The zero-order valence-electron chi connectivity index (χ0n) is 16.6. The van der Waals surface area contributed by atoms with Crippen LogP contribution in [0.25, 0.3) is 33.1 Å². The molecule has 0 bridgehead atoms. The van der Waals surface area contributed by atoms with Crippen molar-refractivity contribution in [1.82, 2.24) is 10.4 Å². The molecule has 0 unspecified atom stereocenters. The van der Waals surface area contributed by atoms with Gasteiger partial charge in [0.2, 0.25) is 0 Å². The number of amides is 1. The van der Waals surface area contributed by atoms with Crippen molar-refractivity contribution < 1.29 is 9.21 Å². The van der Waals surface area contributed by atoms with Gasteiger partial charge in [0.25, 0.3) is 5.91 Å². The highest BCUT2D eigenvalue weighted by Gasteiger charge is 2.15. The molecule has 7 heteroatoms. The van der Waals surface area contributed by atoms with Crippen molar-refractivity contribution in [2.24, 2.45) is 5.10 Å². The summed E-state index contributed by atoms with van der Waals surface area (Å²) in [7, 11) is 0. The number of H-pyrrole nitrogens is 1. The molecule has 6 nitrogen and oxygen atoms in total. The Kier molecular flexibility index (Phi) is 5.05. The highest BCUT2D eigenvalue weighted by atomic mass is 35.5. The molecule has 0 radical (unpaired) electrons. The molecule has 0 aliphatic heterocycles. The number of hydrogen-bond acceptors (Lipinski definition) is 4. The van der Waals surface area contributed by atoms with Gasteiger partial charge in [0.05, 0.1) is 11.9 Å². The van der Waals surface area contributed by atoms with Crippen molar-refractivity contribution in [3.05, 3.63) is 105 Å². The second-order valence-electron chi connectivity index (χ2n) is 7.15. The Hall–Kier alpha value is -4.16. The first-order valence-electron chi connectivity index (χ1n) is 9.83. The van der Waals surface area contributed by atoms with E-state index in [1.54, 1.807) is 30.3 Å². The lowest BCUT2D eigenvalue weighted by molar-refractivity contribution is 0.0951. The Bertz CT molecular complexity index is 1550. The van der Waals surface area contributed by atoms with Crippen LogP contribution in [-0.4, -0.2) is 17.1 Å². The second-order valence-corrected chi connectivity index (χ2v) is 7.59. The van der Waals surface area contributed by atoms with Crippen LogP contribution in [0.15, 0.2) is 93.2 Å². The van der Waals surface area contributed by atoms with Gasteiger partial charge in [-0.1, -0.05) is 60.1 Å². The molecule has 0 aliphatic carbocycles. The first kappa shape index (κ1) is 19.8. The predicted octanol–water partition coefficient (Wildman–Crippen LogP) is 5.36. The Morgan fingerprint density at radius 1 is 1.00 bits per heavy atom. The monoisotopic (exact) mass is 441 g/mol. The van der Waals surface area contributed by atoms with E-state index in [2.05, 4.69) is 15.5 Å². The minimum atomic E-state index is -0.722. The number of hydrogen-bond donors (Lipinski definition) is 2. The summed E-state index contributed by atoms with van der Waals surface area (Å²) in [5.41, 5.74) is 5.45. The van der Waals surface area contributed by atoms with Crippen molar-refractivity contribution in [2.75, 3.05) is 0 Å². The van der Waals surface area contributed by atoms with Crippen molar-refractivity contribution >= 4 is 45.6 Å². The molecule has 0 aliphatic rings. The van der Waals surface area contributed by atoms with E-state index in [-0.39, 0.29) is 5.56 Å². The lowest BCUT2D eigenvalue weighted by Gasteiger charge is -2.02. The molecule has 0 saturated carbocycles. The van der Waals surface area contributed by atoms with E-state index < -0.39 is 11.5 Å². The minimum Gasteiger partial charge on any atom is -0.422 e. The van der Waals surface area contributed by atoms with E-state index in [4.69, 9.17) is 16.0 Å². The van der Waals surface area contributed by atoms with E-state index in [0.29, 0.717) is 16.0 Å². The number of carbonyl (C=O) groups excluding carboxylic acids is 1. The normalized spacial score (nSPS) is 11.4. The highest BCUT2D eigenvalue weighted by molar-refractivity contribution is 6.31. The van der Waals surface area contributed by atoms with Gasteiger partial charge in [-0.2, -0.15) is 5.10 Å². The summed E-state index contributed by atoms with van der Waals surface area (Å²) in [5, 5.41) is 6.21. The fraction of sp³-hybridized carbons (Fsp3) is 0. The largest absolute Gasteiger partial charge is 0.422 e. The Morgan fingerprint density at radius 3 is 2.62 bits per heavy atom. The molecule has 5 rings (SSSR count). The molecular formula is C25H16ClN3O3. The molecule has 2 heterocycles. The summed E-state index contributed by atoms with van der Waals surface area (Å²) in [5.74, 6) is -0.653. The summed E-state index contributed by atoms with van der Waals surface area (Å²) in [6, 6.07) is 23.8. The van der Waals surface area contributed by atoms with Crippen molar-refractivity contribution in [3.63, 3.8) is 0 Å². The van der Waals surface area contributed by atoms with Crippen LogP contribution in [-0.2, 0) is 0 Å². The maximum absolute atomic E-state index is 12.6. The number of para-hydroxylation sites is 1. The van der Waals surface area contributed by atoms with Crippen LogP contribution in [0.5, 0.6) is 0 Å². The van der Waals surface area contributed by atoms with Gasteiger partial charge in [-0.05, 0) is 35.9 Å². The van der Waals surface area contributed by atoms with Crippen LogP contribution < -0.4 is 11.1 Å². The zero-order chi connectivity index (χ0) is 22.1. The summed E-state index contributed by atoms with van der Waals surface area (Å²) in [6.07, 6.45) is 1.54. The molecule has 3 aromatic carbocycles. The predicted molar refractivity (Wildman–Crippen MR) is 126 cm³/mol. The van der Waals surface area contributed by atoms with E-state index in [9.17, 15) is 9.59 Å². The van der Waals surface area contributed by atoms with Gasteiger partial charge in [-0.15, -0.1) is 0 Å². The molecule has 5 aromatic rings. The van der Waals surface area contributed by atoms with Crippen molar-refractivity contribution in [3.8, 4) is 11.3 Å². The number of rotatable bonds is 4. The lowest BCUT2D eigenvalue weighted by Crippen LogP contribution is -2.24. The van der Waals surface area contributed by atoms with Gasteiger partial charge in [0, 0.05) is 26.9 Å². The molecular weight excluding hydrogens is 426 g/mol. The molecule has 1 amide bonds. The van der Waals surface area contributed by atoms with Crippen LogP contribution in [0.1, 0.15) is 15.9 Å². The Morgan fingerprint density at radius 2 is 1.78 bits per heavy atom. The van der Waals surface area contributed by atoms with Gasteiger partial charge in [-0.3, -0.25) is 4.79 Å². The van der Waals surface area contributed by atoms with Gasteiger partial charge >= 0.3 is 5.63 Å². The first-order valence-corrected chi connectivity index (χ1v) is 10.2. The smallest absolute Gasteiger partial charge is 0.349 e. The molecule has 2 aromatic heterocycles. The van der Waals surface area contributed by atoms with Crippen LogP contribution >= 0.6 is 11.6 Å². The summed E-state index contributed by atoms with van der Waals surface area (Å²) >= 11 is 6.20. The van der Waals surface area contributed by atoms with Crippen molar-refractivity contribution in [1.29, 1.82) is 0 Å². The average molecular weight is 442 g/mol. The van der Waals surface area contributed by atoms with Crippen LogP contribution in [0.4, 0.5) is 0 Å². The number of nitrogens with zero attached hydrogens (tertiary/aromatic N) is 1. The SMILES string of the molecule is O=C(NN=Cc1c(-c2ccccc2)[nH]c2ccc(Cl)cc12)c1cc2ccccc2oc1=O. The third kappa shape index (κ3) is 3.68. The molecule has 0 saturated heterocycles. The fourth-order valence-electron chi connectivity index (χ4n) is 3.59. The second kappa shape index (κ2) is 8.17. The fourth-order valence-corrected chi connectivity index (χ4v) is 3.76. The number of hydrazone groups is 1. The number of benzene rings is 3. The van der Waals surface area contributed by atoms with Gasteiger partial charge < -0.3 is 9.40 Å². The molecule has 2 N–H and O–H groups in total. The standard InChI is InChI=1S/C25H16ClN3O3/c26-17-10-11-21-18(13-17)20(23(28-21)15-6-2-1-3-7-15)14-27-29-24(30)19-12-16-8-4-5-9-22(16)32-25(19)31/h1-14,28H,(H,29,30). The number of halogens is 1. The third-order valence-corrected chi connectivity index (χ3v) is 5.34.